The van der Waals surface area contributed by atoms with Crippen LogP contribution in [-0.2, 0) is 6.42 Å². The maximum atomic E-state index is 14.3. The summed E-state index contributed by atoms with van der Waals surface area (Å²) in [5, 5.41) is 3.46. The van der Waals surface area contributed by atoms with E-state index < -0.39 is 0 Å². The zero-order valence-electron chi connectivity index (χ0n) is 12.5. The minimum Gasteiger partial charge on any atom is -0.306 e. The topological polar surface area (TPSA) is 12.0 Å². The first-order valence-electron chi connectivity index (χ1n) is 7.42. The van der Waals surface area contributed by atoms with Crippen molar-refractivity contribution >= 4 is 15.9 Å². The molecule has 112 valence electrons. The Morgan fingerprint density at radius 2 is 1.95 bits per heavy atom. The Kier molecular flexibility index (Phi) is 5.95. The molecule has 1 nitrogen and oxygen atoms in total. The van der Waals surface area contributed by atoms with Crippen LogP contribution in [0.5, 0.6) is 0 Å². The van der Waals surface area contributed by atoms with Crippen molar-refractivity contribution in [1.82, 2.24) is 5.32 Å². The Bertz CT molecular complexity index is 598. The number of rotatable bonds is 6. The lowest BCUT2D eigenvalue weighted by Gasteiger charge is -2.21. The minimum atomic E-state index is -0.181. The molecule has 0 saturated carbocycles. The van der Waals surface area contributed by atoms with Gasteiger partial charge in [-0.2, -0.15) is 0 Å². The number of benzene rings is 2. The van der Waals surface area contributed by atoms with Gasteiger partial charge in [0.2, 0.25) is 0 Å². The molecule has 1 unspecified atom stereocenters. The number of aryl methyl sites for hydroxylation is 1. The van der Waals surface area contributed by atoms with Gasteiger partial charge in [0.25, 0.3) is 0 Å². The number of hydrogen-bond donors (Lipinski definition) is 1. The van der Waals surface area contributed by atoms with Crippen LogP contribution in [0.1, 0.15) is 43.0 Å². The van der Waals surface area contributed by atoms with Crippen molar-refractivity contribution < 1.29 is 4.39 Å². The molecule has 0 amide bonds. The van der Waals surface area contributed by atoms with Gasteiger partial charge in [-0.15, -0.1) is 0 Å². The van der Waals surface area contributed by atoms with Gasteiger partial charge in [0.05, 0.1) is 6.04 Å². The van der Waals surface area contributed by atoms with Gasteiger partial charge in [0.1, 0.15) is 5.82 Å². The molecule has 0 radical (unpaired) electrons. The lowest BCUT2D eigenvalue weighted by molar-refractivity contribution is 0.546. The van der Waals surface area contributed by atoms with E-state index in [-0.39, 0.29) is 11.9 Å². The van der Waals surface area contributed by atoms with Gasteiger partial charge in [0.15, 0.2) is 0 Å². The fraction of sp³-hybridized carbons (Fsp3) is 0.333. The van der Waals surface area contributed by atoms with E-state index in [1.807, 2.05) is 18.2 Å². The first-order valence-corrected chi connectivity index (χ1v) is 8.22. The van der Waals surface area contributed by atoms with Crippen LogP contribution in [0.15, 0.2) is 46.9 Å². The minimum absolute atomic E-state index is 0.107. The van der Waals surface area contributed by atoms with Gasteiger partial charge < -0.3 is 5.32 Å². The molecular formula is C18H21BrFN. The average Bonchev–Trinajstić information content (AvgIpc) is 2.49. The van der Waals surface area contributed by atoms with Crippen molar-refractivity contribution in [1.29, 1.82) is 0 Å². The van der Waals surface area contributed by atoms with Gasteiger partial charge in [-0.25, -0.2) is 4.39 Å². The monoisotopic (exact) mass is 349 g/mol. The Hall–Kier alpha value is -1.19. The van der Waals surface area contributed by atoms with E-state index in [0.717, 1.165) is 29.4 Å². The fourth-order valence-corrected chi connectivity index (χ4v) is 2.76. The zero-order chi connectivity index (χ0) is 15.2. The van der Waals surface area contributed by atoms with Crippen LogP contribution in [0, 0.1) is 5.82 Å². The van der Waals surface area contributed by atoms with Gasteiger partial charge in [-0.1, -0.05) is 60.1 Å². The van der Waals surface area contributed by atoms with Crippen molar-refractivity contribution in [2.45, 2.75) is 32.7 Å². The van der Waals surface area contributed by atoms with Crippen LogP contribution in [0.2, 0.25) is 0 Å². The van der Waals surface area contributed by atoms with Crippen LogP contribution in [0.25, 0.3) is 0 Å². The highest BCUT2D eigenvalue weighted by Gasteiger charge is 2.17. The molecule has 0 aliphatic heterocycles. The Morgan fingerprint density at radius 1 is 1.14 bits per heavy atom. The molecule has 2 aromatic rings. The van der Waals surface area contributed by atoms with E-state index >= 15 is 0 Å². The predicted octanol–water partition coefficient (Wildman–Crippen LogP) is 5.24. The van der Waals surface area contributed by atoms with Crippen molar-refractivity contribution in [2.24, 2.45) is 0 Å². The highest BCUT2D eigenvalue weighted by Crippen LogP contribution is 2.27. The lowest BCUT2D eigenvalue weighted by Crippen LogP contribution is -2.24. The summed E-state index contributed by atoms with van der Waals surface area (Å²) < 4.78 is 15.1. The average molecular weight is 350 g/mol. The molecule has 21 heavy (non-hydrogen) atoms. The summed E-state index contributed by atoms with van der Waals surface area (Å²) in [7, 11) is 0. The largest absolute Gasteiger partial charge is 0.306 e. The maximum absolute atomic E-state index is 14.3. The van der Waals surface area contributed by atoms with Crippen LogP contribution in [0.3, 0.4) is 0 Å². The Labute approximate surface area is 134 Å². The van der Waals surface area contributed by atoms with Crippen molar-refractivity contribution in [3.63, 3.8) is 0 Å². The quantitative estimate of drug-likeness (QED) is 0.751. The second-order valence-electron chi connectivity index (χ2n) is 5.15. The smallest absolute Gasteiger partial charge is 0.129 e. The summed E-state index contributed by atoms with van der Waals surface area (Å²) >= 11 is 3.32. The van der Waals surface area contributed by atoms with Crippen LogP contribution in [-0.4, -0.2) is 6.54 Å². The van der Waals surface area contributed by atoms with E-state index in [1.54, 1.807) is 0 Å². The third-order valence-corrected chi connectivity index (χ3v) is 4.06. The van der Waals surface area contributed by atoms with Crippen molar-refractivity contribution in [2.75, 3.05) is 6.54 Å². The lowest BCUT2D eigenvalue weighted by atomic mass is 9.96. The second-order valence-corrected chi connectivity index (χ2v) is 6.07. The Morgan fingerprint density at radius 3 is 2.62 bits per heavy atom. The van der Waals surface area contributed by atoms with Gasteiger partial charge >= 0.3 is 0 Å². The molecule has 3 heteroatoms. The third kappa shape index (κ3) is 4.14. The predicted molar refractivity (Wildman–Crippen MR) is 90.1 cm³/mol. The standard InChI is InChI=1S/C18H21BrFN/c1-3-10-21-18(14-7-5-6-13(4-2)11-14)16-9-8-15(19)12-17(16)20/h5-9,11-12,18,21H,3-4,10H2,1-2H3. The molecule has 0 aliphatic rings. The molecule has 2 rings (SSSR count). The van der Waals surface area contributed by atoms with Gasteiger partial charge in [0, 0.05) is 10.0 Å². The SMILES string of the molecule is CCCNC(c1cccc(CC)c1)c1ccc(Br)cc1F. The van der Waals surface area contributed by atoms with E-state index in [9.17, 15) is 4.39 Å². The molecule has 0 bridgehead atoms. The molecule has 2 aromatic carbocycles. The van der Waals surface area contributed by atoms with Crippen LogP contribution < -0.4 is 5.32 Å². The summed E-state index contributed by atoms with van der Waals surface area (Å²) in [5.74, 6) is -0.181. The molecule has 1 atom stereocenters. The van der Waals surface area contributed by atoms with Gasteiger partial charge in [-0.05, 0) is 42.6 Å². The Balaban J connectivity index is 2.41. The summed E-state index contributed by atoms with van der Waals surface area (Å²) in [6.07, 6.45) is 2.00. The zero-order valence-corrected chi connectivity index (χ0v) is 14.1. The van der Waals surface area contributed by atoms with E-state index in [2.05, 4.69) is 53.3 Å². The summed E-state index contributed by atoms with van der Waals surface area (Å²) in [6, 6.07) is 13.5. The molecule has 0 saturated heterocycles. The van der Waals surface area contributed by atoms with Crippen LogP contribution in [0.4, 0.5) is 4.39 Å². The number of halogens is 2. The maximum Gasteiger partial charge on any atom is 0.129 e. The molecule has 0 fully saturated rings. The summed E-state index contributed by atoms with van der Waals surface area (Å²) in [6.45, 7) is 5.11. The summed E-state index contributed by atoms with van der Waals surface area (Å²) in [4.78, 5) is 0. The first kappa shape index (κ1) is 16.2. The first-order chi connectivity index (χ1) is 10.2. The molecule has 1 N–H and O–H groups in total. The van der Waals surface area contributed by atoms with E-state index in [0.29, 0.717) is 5.56 Å². The number of hydrogen-bond acceptors (Lipinski definition) is 1. The molecule has 0 aromatic heterocycles. The molecular weight excluding hydrogens is 329 g/mol. The highest BCUT2D eigenvalue weighted by atomic mass is 79.9. The summed E-state index contributed by atoms with van der Waals surface area (Å²) in [5.41, 5.74) is 3.08. The van der Waals surface area contributed by atoms with Gasteiger partial charge in [-0.3, -0.25) is 0 Å². The molecule has 0 aliphatic carbocycles. The molecule has 0 heterocycles. The van der Waals surface area contributed by atoms with E-state index in [4.69, 9.17) is 0 Å². The second kappa shape index (κ2) is 7.71. The van der Waals surface area contributed by atoms with E-state index in [1.165, 1.54) is 11.6 Å². The number of nitrogens with one attached hydrogen (secondary N) is 1. The van der Waals surface area contributed by atoms with Crippen molar-refractivity contribution in [3.05, 3.63) is 69.4 Å². The van der Waals surface area contributed by atoms with Crippen LogP contribution >= 0.6 is 15.9 Å². The highest BCUT2D eigenvalue weighted by molar-refractivity contribution is 9.10. The normalized spacial score (nSPS) is 12.4. The fourth-order valence-electron chi connectivity index (χ4n) is 2.42. The third-order valence-electron chi connectivity index (χ3n) is 3.56. The molecule has 0 spiro atoms. The van der Waals surface area contributed by atoms with Crippen molar-refractivity contribution in [3.8, 4) is 0 Å².